The molecule has 0 saturated heterocycles. The van der Waals surface area contributed by atoms with Gasteiger partial charge in [0.2, 0.25) is 0 Å². The molecule has 0 spiro atoms. The summed E-state index contributed by atoms with van der Waals surface area (Å²) in [7, 11) is 0. The van der Waals surface area contributed by atoms with Gasteiger partial charge in [-0.3, -0.25) is 0 Å². The maximum atomic E-state index is 5.35. The fraction of sp³-hybridized carbons (Fsp3) is 0. The SMILES string of the molecule is c1ccc(-c2nc(-c3ccccc3)nc(-c3cc(-c4ccc5c(c4)c4cc6c7ccccc7n(-c7ccccc7)c6cc4n5-c4ccccc4)cc4c5ccccc5c5ccccc5c34)n2)cc1. The summed E-state index contributed by atoms with van der Waals surface area (Å²) < 4.78 is 4.83. The quantitative estimate of drug-likeness (QED) is 0.156. The van der Waals surface area contributed by atoms with Crippen molar-refractivity contribution in [3.8, 4) is 56.7 Å². The van der Waals surface area contributed by atoms with Gasteiger partial charge >= 0.3 is 0 Å². The molecule has 0 bridgehead atoms. The summed E-state index contributed by atoms with van der Waals surface area (Å²) in [6.45, 7) is 0. The topological polar surface area (TPSA) is 48.5 Å². The molecular formula is C63H39N5. The van der Waals surface area contributed by atoms with Crippen LogP contribution in [0.2, 0.25) is 0 Å². The minimum absolute atomic E-state index is 0.629. The van der Waals surface area contributed by atoms with Gasteiger partial charge < -0.3 is 9.13 Å². The van der Waals surface area contributed by atoms with Crippen LogP contribution in [0, 0.1) is 0 Å². The zero-order valence-corrected chi connectivity index (χ0v) is 36.8. The average Bonchev–Trinajstić information content (AvgIpc) is 3.92. The first-order valence-electron chi connectivity index (χ1n) is 23.1. The fourth-order valence-electron chi connectivity index (χ4n) is 10.7. The number of rotatable bonds is 6. The third-order valence-electron chi connectivity index (χ3n) is 13.7. The Bertz CT molecular complexity index is 4230. The van der Waals surface area contributed by atoms with E-state index in [0.29, 0.717) is 17.5 Å². The van der Waals surface area contributed by atoms with Crippen molar-refractivity contribution < 1.29 is 0 Å². The Kier molecular flexibility index (Phi) is 8.52. The van der Waals surface area contributed by atoms with E-state index in [9.17, 15) is 0 Å². The molecule has 0 aliphatic rings. The lowest BCUT2D eigenvalue weighted by molar-refractivity contribution is 1.08. The van der Waals surface area contributed by atoms with Crippen molar-refractivity contribution in [1.29, 1.82) is 0 Å². The Labute approximate surface area is 391 Å². The van der Waals surface area contributed by atoms with E-state index in [1.54, 1.807) is 0 Å². The number of para-hydroxylation sites is 3. The zero-order valence-electron chi connectivity index (χ0n) is 36.8. The van der Waals surface area contributed by atoms with E-state index in [0.717, 1.165) is 66.4 Å². The Morgan fingerprint density at radius 1 is 0.235 bits per heavy atom. The highest BCUT2D eigenvalue weighted by molar-refractivity contribution is 6.29. The highest BCUT2D eigenvalue weighted by Crippen LogP contribution is 2.45. The van der Waals surface area contributed by atoms with E-state index in [-0.39, 0.29) is 0 Å². The van der Waals surface area contributed by atoms with Crippen LogP contribution in [0.5, 0.6) is 0 Å². The lowest BCUT2D eigenvalue weighted by atomic mass is 9.88. The second-order valence-corrected chi connectivity index (χ2v) is 17.6. The maximum Gasteiger partial charge on any atom is 0.164 e. The normalized spacial score (nSPS) is 11.8. The van der Waals surface area contributed by atoms with Crippen molar-refractivity contribution in [3.63, 3.8) is 0 Å². The number of aromatic nitrogens is 5. The van der Waals surface area contributed by atoms with Gasteiger partial charge in [-0.15, -0.1) is 0 Å². The highest BCUT2D eigenvalue weighted by Gasteiger charge is 2.22. The number of nitrogens with zero attached hydrogens (tertiary/aromatic N) is 5. The Balaban J connectivity index is 1.08. The van der Waals surface area contributed by atoms with Gasteiger partial charge in [-0.25, -0.2) is 15.0 Å². The summed E-state index contributed by atoms with van der Waals surface area (Å²) in [4.78, 5) is 15.8. The summed E-state index contributed by atoms with van der Waals surface area (Å²) in [6, 6.07) is 84.7. The first-order valence-corrected chi connectivity index (χ1v) is 23.1. The van der Waals surface area contributed by atoms with Crippen LogP contribution >= 0.6 is 0 Å². The molecule has 0 fully saturated rings. The van der Waals surface area contributed by atoms with Gasteiger partial charge in [0.1, 0.15) is 0 Å². The predicted octanol–water partition coefficient (Wildman–Crippen LogP) is 16.2. The third-order valence-corrected chi connectivity index (χ3v) is 13.7. The van der Waals surface area contributed by atoms with Gasteiger partial charge in [0, 0.05) is 55.0 Å². The Hall–Kier alpha value is -9.19. The summed E-state index contributed by atoms with van der Waals surface area (Å²) in [5.74, 6) is 1.89. The molecule has 0 aliphatic heterocycles. The summed E-state index contributed by atoms with van der Waals surface area (Å²) in [5, 5.41) is 11.8. The first-order chi connectivity index (χ1) is 33.7. The van der Waals surface area contributed by atoms with Crippen LogP contribution in [0.15, 0.2) is 237 Å². The third kappa shape index (κ3) is 5.93. The standard InChI is InChI=1S/C63H39N5/c1-5-19-40(20-6-1)61-64-62(41-21-7-2-8-22-41)66-63(65-61)55-37-43(36-54-48-29-14-13-27-46(48)47-28-15-16-31-50(47)60(54)55)42-33-34-57-51(35-42)53-38-52-49-30-17-18-32-56(49)67(44-23-9-3-10-24-44)58(52)39-59(53)68(57)45-25-11-4-12-26-45/h1-39H. The number of benzene rings is 11. The largest absolute Gasteiger partial charge is 0.309 e. The van der Waals surface area contributed by atoms with E-state index < -0.39 is 0 Å². The average molecular weight is 866 g/mol. The molecule has 14 aromatic rings. The summed E-state index contributed by atoms with van der Waals surface area (Å²) in [6.07, 6.45) is 0. The van der Waals surface area contributed by atoms with Gasteiger partial charge in [-0.05, 0) is 105 Å². The molecule has 5 heteroatoms. The Morgan fingerprint density at radius 2 is 0.662 bits per heavy atom. The molecule has 5 nitrogen and oxygen atoms in total. The van der Waals surface area contributed by atoms with Crippen molar-refractivity contribution in [1.82, 2.24) is 24.1 Å². The first kappa shape index (κ1) is 38.1. The van der Waals surface area contributed by atoms with Crippen LogP contribution < -0.4 is 0 Å². The molecule has 0 N–H and O–H groups in total. The van der Waals surface area contributed by atoms with Gasteiger partial charge in [0.25, 0.3) is 0 Å². The molecule has 0 radical (unpaired) electrons. The maximum absolute atomic E-state index is 5.35. The van der Waals surface area contributed by atoms with E-state index >= 15 is 0 Å². The van der Waals surface area contributed by atoms with Crippen molar-refractivity contribution in [2.75, 3.05) is 0 Å². The summed E-state index contributed by atoms with van der Waals surface area (Å²) >= 11 is 0. The van der Waals surface area contributed by atoms with Crippen LogP contribution in [0.25, 0.3) is 133 Å². The number of hydrogen-bond donors (Lipinski definition) is 0. The molecule has 3 aromatic heterocycles. The van der Waals surface area contributed by atoms with Crippen LogP contribution in [0.4, 0.5) is 0 Å². The van der Waals surface area contributed by atoms with Crippen molar-refractivity contribution >= 4 is 75.9 Å². The molecule has 0 aliphatic carbocycles. The number of fused-ring (bicyclic) bond motifs is 12. The predicted molar refractivity (Wildman–Crippen MR) is 283 cm³/mol. The minimum Gasteiger partial charge on any atom is -0.309 e. The highest BCUT2D eigenvalue weighted by atomic mass is 15.0. The van der Waals surface area contributed by atoms with Crippen LogP contribution in [-0.4, -0.2) is 24.1 Å². The molecule has 0 atom stereocenters. The van der Waals surface area contributed by atoms with Gasteiger partial charge in [-0.2, -0.15) is 0 Å². The number of hydrogen-bond acceptors (Lipinski definition) is 3. The Morgan fingerprint density at radius 3 is 1.26 bits per heavy atom. The molecule has 14 rings (SSSR count). The zero-order chi connectivity index (χ0) is 44.7. The molecule has 68 heavy (non-hydrogen) atoms. The van der Waals surface area contributed by atoms with E-state index in [2.05, 4.69) is 209 Å². The van der Waals surface area contributed by atoms with Crippen molar-refractivity contribution in [3.05, 3.63) is 237 Å². The molecule has 0 saturated carbocycles. The van der Waals surface area contributed by atoms with Crippen molar-refractivity contribution in [2.24, 2.45) is 0 Å². The second kappa shape index (κ2) is 15.2. The molecular weight excluding hydrogens is 827 g/mol. The molecule has 3 heterocycles. The molecule has 0 unspecified atom stereocenters. The van der Waals surface area contributed by atoms with Crippen LogP contribution in [-0.2, 0) is 0 Å². The summed E-state index contributed by atoms with van der Waals surface area (Å²) in [5.41, 5.74) is 11.9. The second-order valence-electron chi connectivity index (χ2n) is 17.6. The fourth-order valence-corrected chi connectivity index (χ4v) is 10.7. The molecule has 11 aromatic carbocycles. The van der Waals surface area contributed by atoms with Crippen molar-refractivity contribution in [2.45, 2.75) is 0 Å². The van der Waals surface area contributed by atoms with Gasteiger partial charge in [0.15, 0.2) is 17.5 Å². The van der Waals surface area contributed by atoms with Gasteiger partial charge in [0.05, 0.1) is 22.1 Å². The monoisotopic (exact) mass is 865 g/mol. The lowest BCUT2D eigenvalue weighted by Crippen LogP contribution is -2.01. The van der Waals surface area contributed by atoms with Crippen LogP contribution in [0.3, 0.4) is 0 Å². The minimum atomic E-state index is 0.629. The smallest absolute Gasteiger partial charge is 0.164 e. The van der Waals surface area contributed by atoms with Gasteiger partial charge in [-0.1, -0.05) is 170 Å². The lowest BCUT2D eigenvalue weighted by Gasteiger charge is -2.17. The molecule has 316 valence electrons. The van der Waals surface area contributed by atoms with E-state index in [1.807, 2.05) is 36.4 Å². The van der Waals surface area contributed by atoms with E-state index in [4.69, 9.17) is 15.0 Å². The molecule has 0 amide bonds. The van der Waals surface area contributed by atoms with Crippen LogP contribution in [0.1, 0.15) is 0 Å². The van der Waals surface area contributed by atoms with E-state index in [1.165, 1.54) is 48.7 Å².